The van der Waals surface area contributed by atoms with Crippen LogP contribution in [0.1, 0.15) is 91.4 Å². The van der Waals surface area contributed by atoms with E-state index in [4.69, 9.17) is 0 Å². The van der Waals surface area contributed by atoms with Crippen molar-refractivity contribution in [1.82, 2.24) is 0 Å². The zero-order chi connectivity index (χ0) is 14.7. The van der Waals surface area contributed by atoms with E-state index >= 15 is 0 Å². The smallest absolute Gasteiger partial charge is 0.0264 e. The quantitative estimate of drug-likeness (QED) is 0.520. The molecule has 0 radical (unpaired) electrons. The van der Waals surface area contributed by atoms with E-state index in [9.17, 15) is 0 Å². The Morgan fingerprint density at radius 3 is 2.43 bits per heavy atom. The van der Waals surface area contributed by atoms with Gasteiger partial charge in [-0.1, -0.05) is 46.5 Å². The van der Waals surface area contributed by atoms with Crippen molar-refractivity contribution >= 4 is 0 Å². The molecule has 0 aromatic carbocycles. The Morgan fingerprint density at radius 1 is 0.810 bits per heavy atom. The van der Waals surface area contributed by atoms with Crippen LogP contribution < -0.4 is 0 Å². The fourth-order valence-electron chi connectivity index (χ4n) is 8.01. The van der Waals surface area contributed by atoms with E-state index in [1.165, 1.54) is 32.1 Å². The molecule has 0 spiro atoms. The van der Waals surface area contributed by atoms with Crippen LogP contribution in [0.5, 0.6) is 0 Å². The van der Waals surface area contributed by atoms with Gasteiger partial charge in [0.15, 0.2) is 0 Å². The fraction of sp³-hybridized carbons (Fsp3) is 1.00. The third kappa shape index (κ3) is 1.99. The lowest BCUT2D eigenvalue weighted by Gasteiger charge is -2.62. The molecule has 2 unspecified atom stereocenters. The van der Waals surface area contributed by atoms with Gasteiger partial charge in [-0.2, -0.15) is 0 Å². The summed E-state index contributed by atoms with van der Waals surface area (Å²) in [6.07, 6.45) is 17.0. The van der Waals surface area contributed by atoms with Gasteiger partial charge in [0.1, 0.15) is 0 Å². The summed E-state index contributed by atoms with van der Waals surface area (Å²) in [5, 5.41) is 0. The molecular formula is C21H36. The van der Waals surface area contributed by atoms with Crippen molar-refractivity contribution in [2.24, 2.45) is 40.4 Å². The van der Waals surface area contributed by atoms with E-state index in [0.29, 0.717) is 5.41 Å². The van der Waals surface area contributed by atoms with E-state index in [1.54, 1.807) is 38.5 Å². The molecule has 0 heteroatoms. The van der Waals surface area contributed by atoms with E-state index in [1.807, 2.05) is 0 Å². The lowest BCUT2D eigenvalue weighted by molar-refractivity contribution is -0.129. The molecule has 0 saturated heterocycles. The van der Waals surface area contributed by atoms with E-state index < -0.39 is 0 Å². The lowest BCUT2D eigenvalue weighted by atomic mass is 9.43. The van der Waals surface area contributed by atoms with Crippen LogP contribution in [0.4, 0.5) is 0 Å². The van der Waals surface area contributed by atoms with Gasteiger partial charge in [-0.25, -0.2) is 0 Å². The van der Waals surface area contributed by atoms with Crippen LogP contribution in [0.2, 0.25) is 0 Å². The van der Waals surface area contributed by atoms with Crippen LogP contribution in [0.25, 0.3) is 0 Å². The highest BCUT2D eigenvalue weighted by atomic mass is 14.6. The van der Waals surface area contributed by atoms with Gasteiger partial charge in [0.25, 0.3) is 0 Å². The molecule has 4 aliphatic carbocycles. The number of rotatable bonds is 1. The van der Waals surface area contributed by atoms with Crippen molar-refractivity contribution in [3.05, 3.63) is 0 Å². The van der Waals surface area contributed by atoms with Crippen LogP contribution in [-0.2, 0) is 0 Å². The van der Waals surface area contributed by atoms with Crippen molar-refractivity contribution in [2.75, 3.05) is 0 Å². The normalized spacial score (nSPS) is 56.4. The summed E-state index contributed by atoms with van der Waals surface area (Å²) >= 11 is 0. The maximum atomic E-state index is 2.73. The van der Waals surface area contributed by atoms with Crippen molar-refractivity contribution < 1.29 is 0 Å². The molecule has 4 saturated carbocycles. The number of hydrogen-bond donors (Lipinski definition) is 0. The van der Waals surface area contributed by atoms with Crippen molar-refractivity contribution in [2.45, 2.75) is 91.4 Å². The molecule has 0 heterocycles. The standard InChI is InChI=1S/C21H36/c1-4-15-14-16-18-9-7-11-20(18,2)13-10-19(16)21(3)12-6-5-8-17(15)21/h15-19H,4-14H2,1-3H3/t15?,16-,17?,18-,19+,20-,21-/m0/s1. The van der Waals surface area contributed by atoms with Crippen LogP contribution in [0.3, 0.4) is 0 Å². The predicted octanol–water partition coefficient (Wildman–Crippen LogP) is 6.45. The third-order valence-corrected chi connectivity index (χ3v) is 9.06. The van der Waals surface area contributed by atoms with E-state index in [-0.39, 0.29) is 0 Å². The molecular weight excluding hydrogens is 252 g/mol. The molecule has 21 heavy (non-hydrogen) atoms. The van der Waals surface area contributed by atoms with Gasteiger partial charge in [0.2, 0.25) is 0 Å². The van der Waals surface area contributed by atoms with Gasteiger partial charge in [0, 0.05) is 0 Å². The Hall–Kier alpha value is 0. The zero-order valence-corrected chi connectivity index (χ0v) is 14.7. The van der Waals surface area contributed by atoms with Gasteiger partial charge >= 0.3 is 0 Å². The second-order valence-corrected chi connectivity index (χ2v) is 9.72. The summed E-state index contributed by atoms with van der Waals surface area (Å²) in [5.41, 5.74) is 1.45. The molecule has 0 aromatic rings. The largest absolute Gasteiger partial charge is 0.0651 e. The Morgan fingerprint density at radius 2 is 1.62 bits per heavy atom. The molecule has 4 aliphatic rings. The average Bonchev–Trinajstić information content (AvgIpc) is 2.87. The second-order valence-electron chi connectivity index (χ2n) is 9.72. The highest BCUT2D eigenvalue weighted by molar-refractivity contribution is 5.08. The number of fused-ring (bicyclic) bond motifs is 5. The minimum atomic E-state index is 0.714. The summed E-state index contributed by atoms with van der Waals surface area (Å²) in [7, 11) is 0. The van der Waals surface area contributed by atoms with Crippen molar-refractivity contribution in [3.63, 3.8) is 0 Å². The van der Waals surface area contributed by atoms with Gasteiger partial charge in [0.05, 0.1) is 0 Å². The zero-order valence-electron chi connectivity index (χ0n) is 14.7. The first-order valence-corrected chi connectivity index (χ1v) is 10.1. The summed E-state index contributed by atoms with van der Waals surface area (Å²) in [4.78, 5) is 0. The summed E-state index contributed by atoms with van der Waals surface area (Å²) in [6.45, 7) is 7.86. The maximum Gasteiger partial charge on any atom is -0.0264 e. The van der Waals surface area contributed by atoms with Gasteiger partial charge in [-0.3, -0.25) is 0 Å². The Bertz CT molecular complexity index is 399. The fourth-order valence-corrected chi connectivity index (χ4v) is 8.01. The Labute approximate surface area is 132 Å². The minimum Gasteiger partial charge on any atom is -0.0651 e. The summed E-state index contributed by atoms with van der Waals surface area (Å²) in [5.74, 6) is 5.39. The second kappa shape index (κ2) is 5.00. The molecule has 0 amide bonds. The predicted molar refractivity (Wildman–Crippen MR) is 90.1 cm³/mol. The molecule has 0 aromatic heterocycles. The molecule has 4 rings (SSSR count). The van der Waals surface area contributed by atoms with E-state index in [2.05, 4.69) is 20.8 Å². The molecule has 0 nitrogen and oxygen atoms in total. The third-order valence-electron chi connectivity index (χ3n) is 9.06. The average molecular weight is 289 g/mol. The van der Waals surface area contributed by atoms with Crippen LogP contribution in [0.15, 0.2) is 0 Å². The lowest BCUT2D eigenvalue weighted by Crippen LogP contribution is -2.54. The minimum absolute atomic E-state index is 0.714. The van der Waals surface area contributed by atoms with Crippen LogP contribution in [-0.4, -0.2) is 0 Å². The Kier molecular flexibility index (Phi) is 3.47. The summed E-state index contributed by atoms with van der Waals surface area (Å²) in [6, 6.07) is 0. The molecule has 120 valence electrons. The topological polar surface area (TPSA) is 0 Å². The molecule has 0 aliphatic heterocycles. The van der Waals surface area contributed by atoms with Crippen molar-refractivity contribution in [3.8, 4) is 0 Å². The Balaban J connectivity index is 1.68. The first-order chi connectivity index (χ1) is 10.1. The first-order valence-electron chi connectivity index (χ1n) is 10.1. The van der Waals surface area contributed by atoms with Crippen LogP contribution in [0, 0.1) is 40.4 Å². The molecule has 4 fully saturated rings. The SMILES string of the molecule is CCC1C[C@@H]2[C@@H](CC[C@]3(C)CCC[C@@H]23)[C@@]2(C)CCCCC12. The monoisotopic (exact) mass is 288 g/mol. The van der Waals surface area contributed by atoms with Crippen molar-refractivity contribution in [1.29, 1.82) is 0 Å². The van der Waals surface area contributed by atoms with Gasteiger partial charge < -0.3 is 0 Å². The van der Waals surface area contributed by atoms with Gasteiger partial charge in [-0.05, 0) is 85.4 Å². The van der Waals surface area contributed by atoms with Gasteiger partial charge in [-0.15, -0.1) is 0 Å². The van der Waals surface area contributed by atoms with E-state index in [0.717, 1.165) is 35.0 Å². The molecule has 0 bridgehead atoms. The summed E-state index contributed by atoms with van der Waals surface area (Å²) < 4.78 is 0. The highest BCUT2D eigenvalue weighted by Crippen LogP contribution is 2.67. The maximum absolute atomic E-state index is 2.73. The molecule has 7 atom stereocenters. The van der Waals surface area contributed by atoms with Crippen LogP contribution >= 0.6 is 0 Å². The highest BCUT2D eigenvalue weighted by Gasteiger charge is 2.58. The molecule has 0 N–H and O–H groups in total. The first kappa shape index (κ1) is 14.6. The number of hydrogen-bond acceptors (Lipinski definition) is 0.